The number of likely N-dealkylation sites (N-methyl/N-ethyl adjacent to an activating group) is 2. The minimum absolute atomic E-state index is 0. The number of para-hydroxylation sites is 2. The van der Waals surface area contributed by atoms with Gasteiger partial charge in [-0.1, -0.05) is 36.4 Å². The van der Waals surface area contributed by atoms with Crippen LogP contribution in [0.3, 0.4) is 0 Å². The van der Waals surface area contributed by atoms with E-state index in [1.807, 2.05) is 0 Å². The van der Waals surface area contributed by atoms with Crippen LogP contribution in [-0.2, 0) is 16.5 Å². The molecule has 4 nitrogen and oxygen atoms in total. The summed E-state index contributed by atoms with van der Waals surface area (Å²) >= 11 is 0. The minimum atomic E-state index is 0. The van der Waals surface area contributed by atoms with Crippen LogP contribution in [0.25, 0.3) is 0 Å². The maximum Gasteiger partial charge on any atom is 2.00 e. The minimum Gasteiger partial charge on any atom is -0.355 e. The predicted octanol–water partition coefficient (Wildman–Crippen LogP) is 4.56. The van der Waals surface area contributed by atoms with Crippen LogP contribution in [0.4, 0.5) is 11.4 Å². The molecule has 2 aromatic rings. The molecule has 0 unspecified atom stereocenters. The zero-order chi connectivity index (χ0) is 18.8. The van der Waals surface area contributed by atoms with Gasteiger partial charge in [0.2, 0.25) is 0 Å². The summed E-state index contributed by atoms with van der Waals surface area (Å²) in [5.74, 6) is 1.86. The number of rotatable bonds is 2. The van der Waals surface area contributed by atoms with Gasteiger partial charge in [-0.25, -0.2) is 9.98 Å². The standard InChI is InChI=1S/C22H28N4.Ni/c1-15-9-7-10-16(2)19(15)23-21-22(26(6)14-13-25(21)5)24-20-17(3)11-8-12-18(20)4;/h7-12H,13-14H2,1-6H3;/q;+2. The van der Waals surface area contributed by atoms with Gasteiger partial charge < -0.3 is 9.80 Å². The molecule has 0 N–H and O–H groups in total. The maximum absolute atomic E-state index is 5.06. The smallest absolute Gasteiger partial charge is 0.355 e. The Morgan fingerprint density at radius 3 is 1.22 bits per heavy atom. The van der Waals surface area contributed by atoms with Gasteiger partial charge in [-0.15, -0.1) is 0 Å². The van der Waals surface area contributed by atoms with E-state index in [9.17, 15) is 0 Å². The molecule has 5 heteroatoms. The molecule has 27 heavy (non-hydrogen) atoms. The van der Waals surface area contributed by atoms with Gasteiger partial charge in [0.1, 0.15) is 0 Å². The van der Waals surface area contributed by atoms with E-state index < -0.39 is 0 Å². The summed E-state index contributed by atoms with van der Waals surface area (Å²) in [6, 6.07) is 12.6. The van der Waals surface area contributed by atoms with Crippen LogP contribution in [0, 0.1) is 27.7 Å². The van der Waals surface area contributed by atoms with Crippen molar-refractivity contribution in [2.24, 2.45) is 9.98 Å². The number of hydrogen-bond donors (Lipinski definition) is 0. The van der Waals surface area contributed by atoms with Gasteiger partial charge in [-0.2, -0.15) is 0 Å². The molecule has 1 aliphatic rings. The largest absolute Gasteiger partial charge is 2.00 e. The molecule has 0 atom stereocenters. The summed E-state index contributed by atoms with van der Waals surface area (Å²) in [5.41, 5.74) is 6.82. The SMILES string of the molecule is Cc1cccc(C)c1N=C1C(=Nc2c(C)cccc2C)N(C)CCN1C.[Ni+2]. The van der Waals surface area contributed by atoms with Crippen LogP contribution < -0.4 is 0 Å². The number of amidine groups is 2. The first-order chi connectivity index (χ1) is 12.4. The summed E-state index contributed by atoms with van der Waals surface area (Å²) in [7, 11) is 4.19. The number of nitrogens with zero attached hydrogens (tertiary/aromatic N) is 4. The van der Waals surface area contributed by atoms with Crippen molar-refractivity contribution in [2.45, 2.75) is 27.7 Å². The van der Waals surface area contributed by atoms with Gasteiger partial charge in [0.25, 0.3) is 0 Å². The van der Waals surface area contributed by atoms with Crippen LogP contribution in [0.1, 0.15) is 22.3 Å². The Morgan fingerprint density at radius 1 is 0.630 bits per heavy atom. The van der Waals surface area contributed by atoms with E-state index in [2.05, 4.69) is 88.0 Å². The van der Waals surface area contributed by atoms with E-state index in [0.717, 1.165) is 36.1 Å². The number of hydrogen-bond acceptors (Lipinski definition) is 2. The maximum atomic E-state index is 5.06. The third-order valence-electron chi connectivity index (χ3n) is 5.01. The third kappa shape index (κ3) is 4.41. The zero-order valence-corrected chi connectivity index (χ0v) is 18.0. The molecule has 1 saturated heterocycles. The molecule has 0 radical (unpaired) electrons. The van der Waals surface area contributed by atoms with Crippen LogP contribution in [-0.4, -0.2) is 48.7 Å². The fraction of sp³-hybridized carbons (Fsp3) is 0.364. The van der Waals surface area contributed by atoms with E-state index >= 15 is 0 Å². The fourth-order valence-corrected chi connectivity index (χ4v) is 3.30. The average Bonchev–Trinajstić information content (AvgIpc) is 2.59. The molecule has 0 amide bonds. The Balaban J connectivity index is 0.00000261. The van der Waals surface area contributed by atoms with Crippen molar-refractivity contribution < 1.29 is 16.5 Å². The van der Waals surface area contributed by atoms with Gasteiger partial charge in [0.05, 0.1) is 11.4 Å². The normalized spacial score (nSPS) is 17.4. The van der Waals surface area contributed by atoms with Crippen molar-refractivity contribution in [3.63, 3.8) is 0 Å². The van der Waals surface area contributed by atoms with Crippen LogP contribution >= 0.6 is 0 Å². The Bertz CT molecular complexity index is 772. The Labute approximate surface area is 172 Å². The molecular weight excluding hydrogens is 379 g/mol. The molecule has 1 heterocycles. The second kappa shape index (κ2) is 8.71. The summed E-state index contributed by atoms with van der Waals surface area (Å²) in [6.07, 6.45) is 0. The first-order valence-electron chi connectivity index (χ1n) is 9.11. The van der Waals surface area contributed by atoms with E-state index in [-0.39, 0.29) is 16.5 Å². The van der Waals surface area contributed by atoms with Crippen LogP contribution in [0.2, 0.25) is 0 Å². The molecule has 1 fully saturated rings. The molecule has 2 aromatic carbocycles. The molecule has 1 aliphatic heterocycles. The van der Waals surface area contributed by atoms with Gasteiger partial charge in [-0.05, 0) is 49.9 Å². The van der Waals surface area contributed by atoms with Crippen LogP contribution in [0.5, 0.6) is 0 Å². The van der Waals surface area contributed by atoms with Crippen molar-refractivity contribution in [1.29, 1.82) is 0 Å². The number of aryl methyl sites for hydroxylation is 4. The van der Waals surface area contributed by atoms with Crippen molar-refractivity contribution in [3.8, 4) is 0 Å². The topological polar surface area (TPSA) is 31.2 Å². The second-order valence-electron chi connectivity index (χ2n) is 7.19. The number of benzene rings is 2. The molecule has 0 saturated carbocycles. The molecular formula is C22H28N4Ni+2. The Hall–Kier alpha value is -2.13. The molecule has 144 valence electrons. The van der Waals surface area contributed by atoms with Gasteiger partial charge in [-0.3, -0.25) is 0 Å². The van der Waals surface area contributed by atoms with Crippen molar-refractivity contribution in [2.75, 3.05) is 27.2 Å². The Kier molecular flexibility index (Phi) is 6.83. The Morgan fingerprint density at radius 2 is 0.926 bits per heavy atom. The van der Waals surface area contributed by atoms with Gasteiger partial charge in [0.15, 0.2) is 11.7 Å². The summed E-state index contributed by atoms with van der Waals surface area (Å²) in [6.45, 7) is 10.3. The van der Waals surface area contributed by atoms with Crippen molar-refractivity contribution in [1.82, 2.24) is 9.80 Å². The van der Waals surface area contributed by atoms with Gasteiger partial charge in [0, 0.05) is 27.2 Å². The zero-order valence-electron chi connectivity index (χ0n) is 17.0. The van der Waals surface area contributed by atoms with E-state index in [1.165, 1.54) is 22.3 Å². The molecule has 0 aliphatic carbocycles. The third-order valence-corrected chi connectivity index (χ3v) is 5.01. The average molecular weight is 407 g/mol. The van der Waals surface area contributed by atoms with Gasteiger partial charge >= 0.3 is 16.5 Å². The second-order valence-corrected chi connectivity index (χ2v) is 7.19. The first-order valence-corrected chi connectivity index (χ1v) is 9.11. The molecule has 0 aromatic heterocycles. The number of piperazine rings is 1. The summed E-state index contributed by atoms with van der Waals surface area (Å²) < 4.78 is 0. The van der Waals surface area contributed by atoms with Crippen LogP contribution in [0.15, 0.2) is 46.4 Å². The van der Waals surface area contributed by atoms with E-state index in [1.54, 1.807) is 0 Å². The monoisotopic (exact) mass is 406 g/mol. The van der Waals surface area contributed by atoms with Crippen molar-refractivity contribution in [3.05, 3.63) is 58.7 Å². The van der Waals surface area contributed by atoms with E-state index in [4.69, 9.17) is 9.98 Å². The fourth-order valence-electron chi connectivity index (χ4n) is 3.30. The first kappa shape index (κ1) is 21.2. The molecule has 3 rings (SSSR count). The molecule has 0 spiro atoms. The van der Waals surface area contributed by atoms with E-state index in [0.29, 0.717) is 0 Å². The molecule has 0 bridgehead atoms. The summed E-state index contributed by atoms with van der Waals surface area (Å²) in [5, 5.41) is 0. The van der Waals surface area contributed by atoms with Crippen molar-refractivity contribution >= 4 is 23.0 Å². The number of aliphatic imine (C=N–C) groups is 2. The summed E-state index contributed by atoms with van der Waals surface area (Å²) in [4.78, 5) is 14.5. The quantitative estimate of drug-likeness (QED) is 0.684. The predicted molar refractivity (Wildman–Crippen MR) is 111 cm³/mol.